The van der Waals surface area contributed by atoms with E-state index in [0.717, 1.165) is 22.3 Å². The quantitative estimate of drug-likeness (QED) is 0.861. The second-order valence-electron chi connectivity index (χ2n) is 5.51. The molecule has 0 heterocycles. The fourth-order valence-corrected chi connectivity index (χ4v) is 2.43. The highest BCUT2D eigenvalue weighted by molar-refractivity contribution is 5.79. The van der Waals surface area contributed by atoms with Gasteiger partial charge >= 0.3 is 0 Å². The topological polar surface area (TPSA) is 73.1 Å². The Hall–Kier alpha value is -2.64. The maximum atomic E-state index is 12.1. The van der Waals surface area contributed by atoms with E-state index in [2.05, 4.69) is 11.4 Å². The summed E-state index contributed by atoms with van der Waals surface area (Å²) in [5, 5.41) is 21.7. The Morgan fingerprint density at radius 1 is 1.22 bits per heavy atom. The number of hydrogen-bond donors (Lipinski definition) is 2. The summed E-state index contributed by atoms with van der Waals surface area (Å²) in [7, 11) is 0. The van der Waals surface area contributed by atoms with Gasteiger partial charge in [0.15, 0.2) is 0 Å². The fraction of sp³-hybridized carbons (Fsp3) is 0.263. The molecule has 2 N–H and O–H groups in total. The van der Waals surface area contributed by atoms with Crippen LogP contribution in [0.2, 0.25) is 0 Å². The highest BCUT2D eigenvalue weighted by atomic mass is 16.3. The van der Waals surface area contributed by atoms with Gasteiger partial charge in [0.05, 0.1) is 25.0 Å². The number of hydrogen-bond acceptors (Lipinski definition) is 3. The van der Waals surface area contributed by atoms with Crippen LogP contribution in [0.5, 0.6) is 0 Å². The molecule has 0 saturated carbocycles. The Labute approximate surface area is 136 Å². The molecule has 1 unspecified atom stereocenters. The summed E-state index contributed by atoms with van der Waals surface area (Å²) < 4.78 is 0. The third kappa shape index (κ3) is 4.94. The van der Waals surface area contributed by atoms with Crippen molar-refractivity contribution in [3.8, 4) is 6.07 Å². The molecule has 23 heavy (non-hydrogen) atoms. The molecule has 2 rings (SSSR count). The standard InChI is InChI=1S/C19H20N2O2/c1-14-5-4-8-17(11-14)18(22)13-21-19(23)12-16-7-3-2-6-15(16)9-10-20/h2-8,11,18,22H,9,12-13H2,1H3,(H,21,23). The predicted molar refractivity (Wildman–Crippen MR) is 88.6 cm³/mol. The zero-order valence-corrected chi connectivity index (χ0v) is 13.1. The van der Waals surface area contributed by atoms with E-state index in [1.807, 2.05) is 55.5 Å². The molecule has 0 aliphatic heterocycles. The summed E-state index contributed by atoms with van der Waals surface area (Å²) in [6.45, 7) is 2.13. The molecule has 0 aliphatic carbocycles. The fourth-order valence-electron chi connectivity index (χ4n) is 2.43. The Bertz CT molecular complexity index is 719. The SMILES string of the molecule is Cc1cccc(C(O)CNC(=O)Cc2ccccc2CC#N)c1. The molecular formula is C19H20N2O2. The van der Waals surface area contributed by atoms with Crippen LogP contribution in [-0.4, -0.2) is 17.6 Å². The molecule has 2 aromatic rings. The number of aliphatic hydroxyl groups excluding tert-OH is 1. The van der Waals surface area contributed by atoms with E-state index in [4.69, 9.17) is 5.26 Å². The van der Waals surface area contributed by atoms with Gasteiger partial charge in [-0.2, -0.15) is 5.26 Å². The smallest absolute Gasteiger partial charge is 0.224 e. The Balaban J connectivity index is 1.92. The van der Waals surface area contributed by atoms with E-state index in [1.54, 1.807) is 0 Å². The van der Waals surface area contributed by atoms with Gasteiger partial charge in [0.2, 0.25) is 5.91 Å². The van der Waals surface area contributed by atoms with Crippen molar-refractivity contribution >= 4 is 5.91 Å². The average molecular weight is 308 g/mol. The van der Waals surface area contributed by atoms with Crippen molar-refractivity contribution in [3.05, 3.63) is 70.8 Å². The van der Waals surface area contributed by atoms with Crippen molar-refractivity contribution in [1.82, 2.24) is 5.32 Å². The monoisotopic (exact) mass is 308 g/mol. The molecule has 2 aromatic carbocycles. The molecule has 0 radical (unpaired) electrons. The van der Waals surface area contributed by atoms with Crippen molar-refractivity contribution in [1.29, 1.82) is 5.26 Å². The summed E-state index contributed by atoms with van der Waals surface area (Å²) >= 11 is 0. The van der Waals surface area contributed by atoms with Crippen LogP contribution in [-0.2, 0) is 17.6 Å². The lowest BCUT2D eigenvalue weighted by Gasteiger charge is -2.13. The molecular weight excluding hydrogens is 288 g/mol. The second-order valence-corrected chi connectivity index (χ2v) is 5.51. The largest absolute Gasteiger partial charge is 0.387 e. The minimum Gasteiger partial charge on any atom is -0.387 e. The molecule has 0 bridgehead atoms. The molecule has 0 spiro atoms. The number of carbonyl (C=O) groups is 1. The van der Waals surface area contributed by atoms with Crippen LogP contribution in [0.25, 0.3) is 0 Å². The van der Waals surface area contributed by atoms with Crippen molar-refractivity contribution < 1.29 is 9.90 Å². The number of nitrogens with one attached hydrogen (secondary N) is 1. The first-order valence-electron chi connectivity index (χ1n) is 7.55. The van der Waals surface area contributed by atoms with E-state index in [1.165, 1.54) is 0 Å². The number of aliphatic hydroxyl groups is 1. The lowest BCUT2D eigenvalue weighted by atomic mass is 10.0. The first-order chi connectivity index (χ1) is 11.1. The maximum absolute atomic E-state index is 12.1. The summed E-state index contributed by atoms with van der Waals surface area (Å²) in [5.74, 6) is -0.165. The average Bonchev–Trinajstić information content (AvgIpc) is 2.54. The van der Waals surface area contributed by atoms with Crippen LogP contribution in [0.15, 0.2) is 48.5 Å². The van der Waals surface area contributed by atoms with E-state index in [-0.39, 0.29) is 25.3 Å². The molecule has 0 aliphatic rings. The van der Waals surface area contributed by atoms with Gasteiger partial charge in [-0.1, -0.05) is 54.1 Å². The molecule has 0 aromatic heterocycles. The van der Waals surface area contributed by atoms with E-state index < -0.39 is 6.10 Å². The highest BCUT2D eigenvalue weighted by Crippen LogP contribution is 2.14. The van der Waals surface area contributed by atoms with Gasteiger partial charge in [-0.25, -0.2) is 0 Å². The van der Waals surface area contributed by atoms with Gasteiger partial charge in [0.25, 0.3) is 0 Å². The molecule has 118 valence electrons. The Morgan fingerprint density at radius 2 is 1.96 bits per heavy atom. The summed E-state index contributed by atoms with van der Waals surface area (Å²) in [6.07, 6.45) is -0.235. The maximum Gasteiger partial charge on any atom is 0.224 e. The number of rotatable bonds is 6. The van der Waals surface area contributed by atoms with Crippen molar-refractivity contribution in [3.63, 3.8) is 0 Å². The minimum atomic E-state index is -0.729. The highest BCUT2D eigenvalue weighted by Gasteiger charge is 2.11. The summed E-state index contributed by atoms with van der Waals surface area (Å²) in [4.78, 5) is 12.1. The van der Waals surface area contributed by atoms with Crippen molar-refractivity contribution in [2.24, 2.45) is 0 Å². The molecule has 4 nitrogen and oxygen atoms in total. The molecule has 1 amide bonds. The second kappa shape index (κ2) is 8.11. The third-order valence-corrected chi connectivity index (χ3v) is 3.66. The van der Waals surface area contributed by atoms with Gasteiger partial charge < -0.3 is 10.4 Å². The number of amides is 1. The zero-order valence-electron chi connectivity index (χ0n) is 13.1. The number of nitriles is 1. The summed E-state index contributed by atoms with van der Waals surface area (Å²) in [6, 6.07) is 17.1. The molecule has 1 atom stereocenters. The van der Waals surface area contributed by atoms with Crippen LogP contribution < -0.4 is 5.32 Å². The van der Waals surface area contributed by atoms with Gasteiger partial charge in [0.1, 0.15) is 0 Å². The van der Waals surface area contributed by atoms with Crippen LogP contribution in [0.3, 0.4) is 0 Å². The van der Waals surface area contributed by atoms with Crippen LogP contribution in [0.1, 0.15) is 28.4 Å². The number of aryl methyl sites for hydroxylation is 1. The molecule has 0 saturated heterocycles. The number of benzene rings is 2. The van der Waals surface area contributed by atoms with Crippen LogP contribution in [0, 0.1) is 18.3 Å². The predicted octanol–water partition coefficient (Wildman–Crippen LogP) is 2.45. The van der Waals surface area contributed by atoms with Gasteiger partial charge in [-0.3, -0.25) is 4.79 Å². The Kier molecular flexibility index (Phi) is 5.90. The van der Waals surface area contributed by atoms with Crippen LogP contribution >= 0.6 is 0 Å². The zero-order chi connectivity index (χ0) is 16.7. The van der Waals surface area contributed by atoms with E-state index in [9.17, 15) is 9.90 Å². The van der Waals surface area contributed by atoms with E-state index in [0.29, 0.717) is 0 Å². The van der Waals surface area contributed by atoms with E-state index >= 15 is 0 Å². The van der Waals surface area contributed by atoms with Crippen molar-refractivity contribution in [2.75, 3.05) is 6.54 Å². The normalized spacial score (nSPS) is 11.5. The number of nitrogens with zero attached hydrogens (tertiary/aromatic N) is 1. The van der Waals surface area contributed by atoms with Crippen molar-refractivity contribution in [2.45, 2.75) is 25.9 Å². The number of carbonyl (C=O) groups excluding carboxylic acids is 1. The first-order valence-corrected chi connectivity index (χ1v) is 7.55. The summed E-state index contributed by atoms with van der Waals surface area (Å²) in [5.41, 5.74) is 3.56. The van der Waals surface area contributed by atoms with Gasteiger partial charge in [0, 0.05) is 6.54 Å². The lowest BCUT2D eigenvalue weighted by Crippen LogP contribution is -2.30. The van der Waals surface area contributed by atoms with Crippen LogP contribution in [0.4, 0.5) is 0 Å². The van der Waals surface area contributed by atoms with Gasteiger partial charge in [-0.05, 0) is 23.6 Å². The third-order valence-electron chi connectivity index (χ3n) is 3.66. The first kappa shape index (κ1) is 16.7. The Morgan fingerprint density at radius 3 is 2.65 bits per heavy atom. The minimum absolute atomic E-state index is 0.165. The molecule has 0 fully saturated rings. The van der Waals surface area contributed by atoms with Gasteiger partial charge in [-0.15, -0.1) is 0 Å². The molecule has 4 heteroatoms. The lowest BCUT2D eigenvalue weighted by molar-refractivity contribution is -0.120.